The van der Waals surface area contributed by atoms with Crippen molar-refractivity contribution in [1.29, 1.82) is 0 Å². The van der Waals surface area contributed by atoms with Crippen molar-refractivity contribution in [3.63, 3.8) is 0 Å². The largest absolute Gasteiger partial charge is 0.325 e. The van der Waals surface area contributed by atoms with Crippen LogP contribution in [0.15, 0.2) is 34.2 Å². The predicted octanol–water partition coefficient (Wildman–Crippen LogP) is 3.49. The highest BCUT2D eigenvalue weighted by Gasteiger charge is 2.13. The fourth-order valence-corrected chi connectivity index (χ4v) is 3.08. The number of aryl methyl sites for hydroxylation is 2. The Kier molecular flexibility index (Phi) is 6.20. The maximum absolute atomic E-state index is 12.3. The van der Waals surface area contributed by atoms with Crippen LogP contribution in [0.2, 0.25) is 0 Å². The topological polar surface area (TPSA) is 74.8 Å². The Morgan fingerprint density at radius 1 is 1.38 bits per heavy atom. The fourth-order valence-electron chi connectivity index (χ4n) is 2.38. The number of amides is 1. The number of thioether (sulfide) groups is 1. The highest BCUT2D eigenvalue weighted by atomic mass is 32.2. The minimum atomic E-state index is -0.189. The van der Waals surface area contributed by atoms with E-state index in [2.05, 4.69) is 29.1 Å². The second-order valence-corrected chi connectivity index (χ2v) is 6.89. The quantitative estimate of drug-likeness (QED) is 0.621. The number of carbonyl (C=O) groups is 1. The van der Waals surface area contributed by atoms with Crippen LogP contribution in [0.5, 0.6) is 0 Å². The van der Waals surface area contributed by atoms with Gasteiger partial charge in [0, 0.05) is 17.4 Å². The molecular formula is C18H23N3O2S. The van der Waals surface area contributed by atoms with Gasteiger partial charge in [-0.3, -0.25) is 9.59 Å². The van der Waals surface area contributed by atoms with Crippen molar-refractivity contribution >= 4 is 23.4 Å². The average Bonchev–Trinajstić information content (AvgIpc) is 2.54. The number of anilines is 1. The van der Waals surface area contributed by atoms with Crippen LogP contribution in [0.25, 0.3) is 0 Å². The first kappa shape index (κ1) is 18.3. The number of hydrogen-bond donors (Lipinski definition) is 2. The van der Waals surface area contributed by atoms with Gasteiger partial charge in [-0.2, -0.15) is 0 Å². The Bertz CT molecular complexity index is 784. The van der Waals surface area contributed by atoms with E-state index in [1.165, 1.54) is 17.8 Å². The summed E-state index contributed by atoms with van der Waals surface area (Å²) in [5.41, 5.74) is 3.57. The van der Waals surface area contributed by atoms with Gasteiger partial charge in [-0.25, -0.2) is 4.98 Å². The summed E-state index contributed by atoms with van der Waals surface area (Å²) < 4.78 is 0. The Morgan fingerprint density at radius 3 is 2.79 bits per heavy atom. The zero-order chi connectivity index (χ0) is 17.7. The molecule has 2 rings (SSSR count). The first-order chi connectivity index (χ1) is 11.4. The molecule has 2 N–H and O–H groups in total. The van der Waals surface area contributed by atoms with E-state index in [1.54, 1.807) is 0 Å². The molecule has 0 fully saturated rings. The van der Waals surface area contributed by atoms with Gasteiger partial charge in [0.25, 0.3) is 5.56 Å². The van der Waals surface area contributed by atoms with Gasteiger partial charge in [0.15, 0.2) is 5.16 Å². The van der Waals surface area contributed by atoms with E-state index in [4.69, 9.17) is 0 Å². The lowest BCUT2D eigenvalue weighted by molar-refractivity contribution is -0.113. The molecule has 0 atom stereocenters. The van der Waals surface area contributed by atoms with Gasteiger partial charge in [-0.05, 0) is 30.4 Å². The van der Waals surface area contributed by atoms with E-state index >= 15 is 0 Å². The number of carbonyl (C=O) groups excluding carboxylic acids is 1. The van der Waals surface area contributed by atoms with Crippen LogP contribution >= 0.6 is 11.8 Å². The van der Waals surface area contributed by atoms with Gasteiger partial charge < -0.3 is 10.3 Å². The lowest BCUT2D eigenvalue weighted by Crippen LogP contribution is -2.17. The molecular weight excluding hydrogens is 322 g/mol. The number of aromatic amines is 1. The van der Waals surface area contributed by atoms with Gasteiger partial charge in [-0.1, -0.05) is 50.7 Å². The molecule has 1 aromatic carbocycles. The zero-order valence-corrected chi connectivity index (χ0v) is 15.3. The van der Waals surface area contributed by atoms with Gasteiger partial charge in [0.05, 0.1) is 5.75 Å². The summed E-state index contributed by atoms with van der Waals surface area (Å²) in [6.45, 7) is 8.13. The van der Waals surface area contributed by atoms with Crippen molar-refractivity contribution in [1.82, 2.24) is 9.97 Å². The number of aromatic nitrogens is 2. The Hall–Kier alpha value is -2.08. The molecule has 0 aliphatic carbocycles. The minimum absolute atomic E-state index is 0.110. The summed E-state index contributed by atoms with van der Waals surface area (Å²) in [7, 11) is 0. The van der Waals surface area contributed by atoms with Gasteiger partial charge >= 0.3 is 0 Å². The van der Waals surface area contributed by atoms with Gasteiger partial charge in [0.1, 0.15) is 0 Å². The number of nitrogens with zero attached hydrogens (tertiary/aromatic N) is 1. The number of nitrogens with one attached hydrogen (secondary N) is 2. The molecule has 0 bridgehead atoms. The lowest BCUT2D eigenvalue weighted by atomic mass is 9.98. The number of benzene rings is 1. The van der Waals surface area contributed by atoms with Crippen LogP contribution in [0.4, 0.5) is 5.69 Å². The standard InChI is InChI=1S/C18H23N3O2S/c1-5-13-9-15(22)21-18(19-13)24-10-16(23)20-17-12(4)7-6-8-14(17)11(2)3/h6-9,11H,5,10H2,1-4H3,(H,20,23)(H,19,21,22). The van der Waals surface area contributed by atoms with E-state index in [9.17, 15) is 9.59 Å². The molecule has 1 amide bonds. The van der Waals surface area contributed by atoms with Crippen LogP contribution in [0.1, 0.15) is 43.5 Å². The van der Waals surface area contributed by atoms with Crippen LogP contribution in [-0.2, 0) is 11.2 Å². The number of para-hydroxylation sites is 1. The molecule has 24 heavy (non-hydrogen) atoms. The first-order valence-electron chi connectivity index (χ1n) is 8.03. The fraction of sp³-hybridized carbons (Fsp3) is 0.389. The smallest absolute Gasteiger partial charge is 0.251 e. The molecule has 0 aliphatic heterocycles. The van der Waals surface area contributed by atoms with E-state index in [1.807, 2.05) is 32.0 Å². The summed E-state index contributed by atoms with van der Waals surface area (Å²) in [4.78, 5) is 30.8. The summed E-state index contributed by atoms with van der Waals surface area (Å²) in [5.74, 6) is 0.412. The van der Waals surface area contributed by atoms with Crippen molar-refractivity contribution in [2.75, 3.05) is 11.1 Å². The normalized spacial score (nSPS) is 10.9. The van der Waals surface area contributed by atoms with Crippen molar-refractivity contribution < 1.29 is 4.79 Å². The van der Waals surface area contributed by atoms with Crippen LogP contribution in [-0.4, -0.2) is 21.6 Å². The molecule has 5 nitrogen and oxygen atoms in total. The maximum atomic E-state index is 12.3. The molecule has 6 heteroatoms. The molecule has 0 aliphatic rings. The highest BCUT2D eigenvalue weighted by Crippen LogP contribution is 2.27. The predicted molar refractivity (Wildman–Crippen MR) is 98.9 cm³/mol. The van der Waals surface area contributed by atoms with E-state index in [-0.39, 0.29) is 17.2 Å². The van der Waals surface area contributed by atoms with Crippen LogP contribution in [0, 0.1) is 6.92 Å². The number of hydrogen-bond acceptors (Lipinski definition) is 4. The van der Waals surface area contributed by atoms with E-state index in [0.717, 1.165) is 22.5 Å². The average molecular weight is 345 g/mol. The molecule has 0 saturated carbocycles. The third-order valence-electron chi connectivity index (χ3n) is 3.67. The maximum Gasteiger partial charge on any atom is 0.251 e. The minimum Gasteiger partial charge on any atom is -0.325 e. The second-order valence-electron chi connectivity index (χ2n) is 5.93. The lowest BCUT2D eigenvalue weighted by Gasteiger charge is -2.16. The monoisotopic (exact) mass is 345 g/mol. The second kappa shape index (κ2) is 8.15. The van der Waals surface area contributed by atoms with Crippen molar-refractivity contribution in [3.05, 3.63) is 51.4 Å². The van der Waals surface area contributed by atoms with Crippen molar-refractivity contribution in [2.45, 2.75) is 45.2 Å². The summed E-state index contributed by atoms with van der Waals surface area (Å²) in [6.07, 6.45) is 0.685. The molecule has 0 radical (unpaired) electrons. The van der Waals surface area contributed by atoms with Crippen molar-refractivity contribution in [3.8, 4) is 0 Å². The molecule has 0 spiro atoms. The van der Waals surface area contributed by atoms with E-state index in [0.29, 0.717) is 17.5 Å². The van der Waals surface area contributed by atoms with Crippen molar-refractivity contribution in [2.24, 2.45) is 0 Å². The summed E-state index contributed by atoms with van der Waals surface area (Å²) >= 11 is 1.23. The van der Waals surface area contributed by atoms with Gasteiger partial charge in [0.2, 0.25) is 5.91 Å². The summed E-state index contributed by atoms with van der Waals surface area (Å²) in [5, 5.41) is 3.47. The summed E-state index contributed by atoms with van der Waals surface area (Å²) in [6, 6.07) is 7.49. The van der Waals surface area contributed by atoms with Crippen LogP contribution in [0.3, 0.4) is 0 Å². The Balaban J connectivity index is 2.07. The van der Waals surface area contributed by atoms with E-state index < -0.39 is 0 Å². The molecule has 1 heterocycles. The number of H-pyrrole nitrogens is 1. The third kappa shape index (κ3) is 4.71. The zero-order valence-electron chi connectivity index (χ0n) is 14.5. The molecule has 2 aromatic rings. The highest BCUT2D eigenvalue weighted by molar-refractivity contribution is 7.99. The Morgan fingerprint density at radius 2 is 2.12 bits per heavy atom. The molecule has 0 unspecified atom stereocenters. The first-order valence-corrected chi connectivity index (χ1v) is 9.01. The van der Waals surface area contributed by atoms with Gasteiger partial charge in [-0.15, -0.1) is 0 Å². The SMILES string of the molecule is CCc1cc(=O)[nH]c(SCC(=O)Nc2c(C)cccc2C(C)C)n1. The van der Waals surface area contributed by atoms with Crippen LogP contribution < -0.4 is 10.9 Å². The third-order valence-corrected chi connectivity index (χ3v) is 4.54. The Labute approximate surface area is 146 Å². The molecule has 128 valence electrons. The molecule has 1 aromatic heterocycles. The molecule has 0 saturated heterocycles. The number of rotatable bonds is 6.